The van der Waals surface area contributed by atoms with Crippen LogP contribution in [0.3, 0.4) is 0 Å². The van der Waals surface area contributed by atoms with Crippen LogP contribution in [0.2, 0.25) is 0 Å². The molecule has 0 saturated carbocycles. The molecule has 0 aliphatic carbocycles. The van der Waals surface area contributed by atoms with Crippen LogP contribution in [0.15, 0.2) is 42.6 Å². The third kappa shape index (κ3) is 4.32. The molecular weight excluding hydrogens is 364 g/mol. The number of benzene rings is 1. The molecule has 0 radical (unpaired) electrons. The molecule has 6 heteroatoms. The van der Waals surface area contributed by atoms with Crippen LogP contribution in [0.1, 0.15) is 46.4 Å². The molecule has 29 heavy (non-hydrogen) atoms. The highest BCUT2D eigenvalue weighted by atomic mass is 16.2. The third-order valence-corrected chi connectivity index (χ3v) is 5.99. The van der Waals surface area contributed by atoms with Crippen LogP contribution in [0.5, 0.6) is 0 Å². The van der Waals surface area contributed by atoms with Crippen molar-refractivity contribution in [3.63, 3.8) is 0 Å². The molecule has 1 unspecified atom stereocenters. The van der Waals surface area contributed by atoms with Crippen molar-refractivity contribution in [2.45, 2.75) is 31.7 Å². The third-order valence-electron chi connectivity index (χ3n) is 5.99. The number of rotatable bonds is 5. The molecule has 1 aromatic carbocycles. The van der Waals surface area contributed by atoms with Gasteiger partial charge in [0.15, 0.2) is 0 Å². The predicted octanol–water partition coefficient (Wildman–Crippen LogP) is 2.81. The van der Waals surface area contributed by atoms with Gasteiger partial charge >= 0.3 is 0 Å². The summed E-state index contributed by atoms with van der Waals surface area (Å²) in [7, 11) is 1.60. The predicted molar refractivity (Wildman–Crippen MR) is 113 cm³/mol. The minimum atomic E-state index is -0.154. The molecule has 0 bridgehead atoms. The van der Waals surface area contributed by atoms with Gasteiger partial charge in [-0.15, -0.1) is 0 Å². The van der Waals surface area contributed by atoms with Gasteiger partial charge in [0.25, 0.3) is 11.8 Å². The molecular formula is C23H28N4O2. The number of carbonyl (C=O) groups excluding carboxylic acids is 2. The highest BCUT2D eigenvalue weighted by Gasteiger charge is 2.31. The van der Waals surface area contributed by atoms with Gasteiger partial charge in [-0.05, 0) is 63.0 Å². The zero-order valence-electron chi connectivity index (χ0n) is 16.9. The molecule has 1 atom stereocenters. The number of pyridine rings is 1. The van der Waals surface area contributed by atoms with E-state index in [-0.39, 0.29) is 11.8 Å². The minimum Gasteiger partial charge on any atom is -0.355 e. The second-order valence-corrected chi connectivity index (χ2v) is 7.89. The van der Waals surface area contributed by atoms with Crippen molar-refractivity contribution in [1.29, 1.82) is 0 Å². The van der Waals surface area contributed by atoms with E-state index in [4.69, 9.17) is 0 Å². The molecule has 2 aromatic rings. The van der Waals surface area contributed by atoms with E-state index in [9.17, 15) is 9.59 Å². The van der Waals surface area contributed by atoms with Crippen LogP contribution in [0, 0.1) is 0 Å². The van der Waals surface area contributed by atoms with Crippen molar-refractivity contribution >= 4 is 11.8 Å². The van der Waals surface area contributed by atoms with Crippen molar-refractivity contribution < 1.29 is 9.59 Å². The average Bonchev–Trinajstić information content (AvgIpc) is 3.45. The van der Waals surface area contributed by atoms with Crippen LogP contribution >= 0.6 is 0 Å². The second kappa shape index (κ2) is 8.74. The number of carbonyl (C=O) groups is 2. The summed E-state index contributed by atoms with van der Waals surface area (Å²) in [5, 5.41) is 2.59. The van der Waals surface area contributed by atoms with Crippen molar-refractivity contribution in [3.05, 3.63) is 53.7 Å². The Balaban J connectivity index is 1.44. The Labute approximate surface area is 171 Å². The van der Waals surface area contributed by atoms with Crippen LogP contribution in [-0.2, 0) is 0 Å². The van der Waals surface area contributed by atoms with Crippen LogP contribution in [0.25, 0.3) is 11.3 Å². The van der Waals surface area contributed by atoms with Gasteiger partial charge in [0, 0.05) is 43.5 Å². The van der Waals surface area contributed by atoms with E-state index in [1.165, 1.54) is 25.9 Å². The Morgan fingerprint density at radius 3 is 2.38 bits per heavy atom. The minimum absolute atomic E-state index is 0.126. The Morgan fingerprint density at radius 1 is 1.00 bits per heavy atom. The maximum Gasteiger partial charge on any atom is 0.254 e. The van der Waals surface area contributed by atoms with E-state index in [0.29, 0.717) is 11.6 Å². The Morgan fingerprint density at radius 2 is 1.72 bits per heavy atom. The normalized spacial score (nSPS) is 19.5. The highest BCUT2D eigenvalue weighted by molar-refractivity contribution is 5.95. The smallest absolute Gasteiger partial charge is 0.254 e. The monoisotopic (exact) mass is 392 g/mol. The first kappa shape index (κ1) is 19.6. The standard InChI is InChI=1S/C23H28N4O2/c1-24-22(28)19-10-11-21(25-15-19)17-6-8-18(9-7-17)23(29)27-14-4-5-20(27)16-26-12-2-3-13-26/h6-11,15,20H,2-5,12-14,16H2,1H3,(H,24,28). The number of likely N-dealkylation sites (tertiary alicyclic amines) is 2. The maximum absolute atomic E-state index is 13.1. The van der Waals surface area contributed by atoms with Gasteiger partial charge in [-0.3, -0.25) is 14.6 Å². The lowest BCUT2D eigenvalue weighted by atomic mass is 10.1. The fraction of sp³-hybridized carbons (Fsp3) is 0.435. The van der Waals surface area contributed by atoms with Gasteiger partial charge < -0.3 is 15.1 Å². The number of hydrogen-bond acceptors (Lipinski definition) is 4. The molecule has 2 aliphatic rings. The van der Waals surface area contributed by atoms with Gasteiger partial charge in [-0.1, -0.05) is 12.1 Å². The maximum atomic E-state index is 13.1. The van der Waals surface area contributed by atoms with Gasteiger partial charge in [0.2, 0.25) is 0 Å². The average molecular weight is 393 g/mol. The summed E-state index contributed by atoms with van der Waals surface area (Å²) in [6.45, 7) is 4.19. The van der Waals surface area contributed by atoms with E-state index in [0.717, 1.165) is 42.8 Å². The van der Waals surface area contributed by atoms with Gasteiger partial charge in [0.05, 0.1) is 11.3 Å². The van der Waals surface area contributed by atoms with E-state index < -0.39 is 0 Å². The SMILES string of the molecule is CNC(=O)c1ccc(-c2ccc(C(=O)N3CCCC3CN3CCCC3)cc2)nc1. The van der Waals surface area contributed by atoms with Crippen LogP contribution < -0.4 is 5.32 Å². The topological polar surface area (TPSA) is 65.5 Å². The lowest BCUT2D eigenvalue weighted by Gasteiger charge is -2.28. The quantitative estimate of drug-likeness (QED) is 0.850. The van der Waals surface area contributed by atoms with Crippen LogP contribution in [0.4, 0.5) is 0 Å². The lowest BCUT2D eigenvalue weighted by molar-refractivity contribution is 0.0708. The van der Waals surface area contributed by atoms with Crippen molar-refractivity contribution in [3.8, 4) is 11.3 Å². The number of nitrogens with one attached hydrogen (secondary N) is 1. The molecule has 2 saturated heterocycles. The first-order valence-corrected chi connectivity index (χ1v) is 10.5. The number of amides is 2. The number of hydrogen-bond donors (Lipinski definition) is 1. The summed E-state index contributed by atoms with van der Waals surface area (Å²) >= 11 is 0. The summed E-state index contributed by atoms with van der Waals surface area (Å²) in [5.41, 5.74) is 2.97. The molecule has 152 valence electrons. The van der Waals surface area contributed by atoms with Crippen LogP contribution in [-0.4, -0.2) is 65.9 Å². The molecule has 2 fully saturated rings. The number of nitrogens with zero attached hydrogens (tertiary/aromatic N) is 3. The fourth-order valence-electron chi connectivity index (χ4n) is 4.35. The van der Waals surface area contributed by atoms with Crippen molar-refractivity contribution in [2.75, 3.05) is 33.2 Å². The largest absolute Gasteiger partial charge is 0.355 e. The summed E-state index contributed by atoms with van der Waals surface area (Å²) in [5.74, 6) is -0.0275. The van der Waals surface area contributed by atoms with E-state index in [2.05, 4.69) is 20.1 Å². The Hall–Kier alpha value is -2.73. The molecule has 2 aliphatic heterocycles. The first-order chi connectivity index (χ1) is 14.2. The number of aromatic nitrogens is 1. The molecule has 0 spiro atoms. The molecule has 2 amide bonds. The lowest BCUT2D eigenvalue weighted by Crippen LogP contribution is -2.42. The first-order valence-electron chi connectivity index (χ1n) is 10.5. The molecule has 1 N–H and O–H groups in total. The Bertz CT molecular complexity index is 857. The van der Waals surface area contributed by atoms with Gasteiger partial charge in [-0.2, -0.15) is 0 Å². The van der Waals surface area contributed by atoms with Crippen molar-refractivity contribution in [2.24, 2.45) is 0 Å². The van der Waals surface area contributed by atoms with Gasteiger partial charge in [0.1, 0.15) is 0 Å². The summed E-state index contributed by atoms with van der Waals surface area (Å²) in [6, 6.07) is 11.6. The highest BCUT2D eigenvalue weighted by Crippen LogP contribution is 2.24. The summed E-state index contributed by atoms with van der Waals surface area (Å²) < 4.78 is 0. The van der Waals surface area contributed by atoms with Gasteiger partial charge in [-0.25, -0.2) is 0 Å². The molecule has 3 heterocycles. The zero-order chi connectivity index (χ0) is 20.2. The summed E-state index contributed by atoms with van der Waals surface area (Å²) in [6.07, 6.45) is 6.31. The Kier molecular flexibility index (Phi) is 5.90. The zero-order valence-corrected chi connectivity index (χ0v) is 16.9. The second-order valence-electron chi connectivity index (χ2n) is 7.89. The molecule has 1 aromatic heterocycles. The van der Waals surface area contributed by atoms with E-state index in [1.807, 2.05) is 30.3 Å². The van der Waals surface area contributed by atoms with Crippen molar-refractivity contribution in [1.82, 2.24) is 20.1 Å². The summed E-state index contributed by atoms with van der Waals surface area (Å²) in [4.78, 5) is 33.7. The molecule has 4 rings (SSSR count). The van der Waals surface area contributed by atoms with E-state index in [1.54, 1.807) is 19.3 Å². The molecule has 6 nitrogen and oxygen atoms in total. The fourth-order valence-corrected chi connectivity index (χ4v) is 4.35. The van der Waals surface area contributed by atoms with E-state index >= 15 is 0 Å².